The Kier molecular flexibility index (Phi) is 2.14. The lowest BCUT2D eigenvalue weighted by molar-refractivity contribution is 1.40. The van der Waals surface area contributed by atoms with Gasteiger partial charge in [0.2, 0.25) is 0 Å². The molecule has 0 saturated carbocycles. The van der Waals surface area contributed by atoms with Gasteiger partial charge in [0.15, 0.2) is 0 Å². The van der Waals surface area contributed by atoms with Crippen LogP contribution in [0, 0.1) is 8.08 Å². The zero-order valence-electron chi connectivity index (χ0n) is 6.17. The van der Waals surface area contributed by atoms with Crippen LogP contribution in [0.1, 0.15) is 0 Å². The van der Waals surface area contributed by atoms with Gasteiger partial charge in [0, 0.05) is 25.2 Å². The zero-order chi connectivity index (χ0) is 8.55. The van der Waals surface area contributed by atoms with Crippen LogP contribution in [0.25, 0.3) is 10.9 Å². The number of fused-ring (bicyclic) bond motifs is 1. The second-order valence-corrected chi connectivity index (χ2v) is 4.22. The normalized spacial score (nSPS) is 10.4. The monoisotopic (exact) mass is 287 g/mol. The highest BCUT2D eigenvalue weighted by Gasteiger charge is 1.94. The van der Waals surface area contributed by atoms with Crippen molar-refractivity contribution in [3.63, 3.8) is 0 Å². The number of nitrogens with one attached hydrogen (secondary N) is 1. The van der Waals surface area contributed by atoms with Crippen LogP contribution < -0.4 is 0 Å². The summed E-state index contributed by atoms with van der Waals surface area (Å²) in [5.74, 6) is 0. The Balaban J connectivity index is 2.98. The van der Waals surface area contributed by atoms with E-state index in [2.05, 4.69) is 39.7 Å². The molecule has 1 heterocycles. The molecule has 0 spiro atoms. The molecule has 12 heavy (non-hydrogen) atoms. The number of aromatic nitrogens is 1. The number of rotatable bonds is 0. The van der Waals surface area contributed by atoms with Gasteiger partial charge in [-0.2, -0.15) is 0 Å². The summed E-state index contributed by atoms with van der Waals surface area (Å²) in [6, 6.07) is 8.11. The fourth-order valence-electron chi connectivity index (χ4n) is 1.14. The SMILES string of the molecule is S=c1cc[nH]c2ccc(I)cc12. The summed E-state index contributed by atoms with van der Waals surface area (Å²) < 4.78 is 2.12. The van der Waals surface area contributed by atoms with Gasteiger partial charge < -0.3 is 4.98 Å². The van der Waals surface area contributed by atoms with E-state index in [4.69, 9.17) is 12.2 Å². The predicted octanol–water partition coefficient (Wildman–Crippen LogP) is 3.50. The van der Waals surface area contributed by atoms with Crippen LogP contribution in [0.2, 0.25) is 0 Å². The molecule has 0 bridgehead atoms. The largest absolute Gasteiger partial charge is 0.361 e. The van der Waals surface area contributed by atoms with Gasteiger partial charge in [-0.3, -0.25) is 0 Å². The van der Waals surface area contributed by atoms with E-state index in [1.54, 1.807) is 0 Å². The molecule has 0 saturated heterocycles. The van der Waals surface area contributed by atoms with E-state index in [-0.39, 0.29) is 0 Å². The van der Waals surface area contributed by atoms with Crippen molar-refractivity contribution in [2.45, 2.75) is 0 Å². The van der Waals surface area contributed by atoms with Crippen LogP contribution in [0.4, 0.5) is 0 Å². The van der Waals surface area contributed by atoms with Crippen molar-refractivity contribution in [3.8, 4) is 0 Å². The minimum Gasteiger partial charge on any atom is -0.361 e. The highest BCUT2D eigenvalue weighted by molar-refractivity contribution is 14.1. The Bertz CT molecular complexity index is 475. The third kappa shape index (κ3) is 1.38. The van der Waals surface area contributed by atoms with Crippen LogP contribution in [0.15, 0.2) is 30.5 Å². The maximum Gasteiger partial charge on any atom is 0.0485 e. The summed E-state index contributed by atoms with van der Waals surface area (Å²) in [5.41, 5.74) is 1.10. The van der Waals surface area contributed by atoms with E-state index in [0.29, 0.717) is 0 Å². The molecule has 0 amide bonds. The molecule has 1 aromatic heterocycles. The van der Waals surface area contributed by atoms with Crippen molar-refractivity contribution in [2.75, 3.05) is 0 Å². The van der Waals surface area contributed by atoms with E-state index in [0.717, 1.165) is 15.4 Å². The van der Waals surface area contributed by atoms with Crippen molar-refractivity contribution in [2.24, 2.45) is 0 Å². The second-order valence-electron chi connectivity index (χ2n) is 2.53. The van der Waals surface area contributed by atoms with Gasteiger partial charge in [-0.1, -0.05) is 12.2 Å². The Labute approximate surface area is 89.0 Å². The third-order valence-electron chi connectivity index (χ3n) is 1.72. The molecule has 0 aliphatic carbocycles. The fraction of sp³-hybridized carbons (Fsp3) is 0. The first-order valence-electron chi connectivity index (χ1n) is 3.54. The zero-order valence-corrected chi connectivity index (χ0v) is 9.15. The maximum atomic E-state index is 5.19. The van der Waals surface area contributed by atoms with Gasteiger partial charge in [0.05, 0.1) is 0 Å². The summed E-state index contributed by atoms with van der Waals surface area (Å²) in [6.45, 7) is 0. The average molecular weight is 287 g/mol. The molecular formula is C9H6INS. The van der Waals surface area contributed by atoms with Gasteiger partial charge >= 0.3 is 0 Å². The predicted molar refractivity (Wildman–Crippen MR) is 61.8 cm³/mol. The third-order valence-corrected chi connectivity index (χ3v) is 2.75. The maximum absolute atomic E-state index is 5.19. The quantitative estimate of drug-likeness (QED) is 0.579. The summed E-state index contributed by atoms with van der Waals surface area (Å²) in [4.78, 5) is 3.15. The van der Waals surface area contributed by atoms with Gasteiger partial charge in [0.25, 0.3) is 0 Å². The van der Waals surface area contributed by atoms with Gasteiger partial charge in [-0.15, -0.1) is 0 Å². The Hall–Kier alpha value is -0.420. The molecule has 60 valence electrons. The van der Waals surface area contributed by atoms with Gasteiger partial charge in [0.1, 0.15) is 0 Å². The molecule has 0 aliphatic rings. The van der Waals surface area contributed by atoms with Gasteiger partial charge in [-0.05, 0) is 46.9 Å². The minimum absolute atomic E-state index is 0.905. The number of hydrogen-bond acceptors (Lipinski definition) is 1. The van der Waals surface area contributed by atoms with E-state index < -0.39 is 0 Å². The highest BCUT2D eigenvalue weighted by Crippen LogP contribution is 2.16. The standard InChI is InChI=1S/C9H6INS/c10-6-1-2-8-7(5-6)9(12)3-4-11-8/h1-5H,(H,11,12). The molecule has 2 rings (SSSR count). The smallest absolute Gasteiger partial charge is 0.0485 e. The molecule has 3 heteroatoms. The van der Waals surface area contributed by atoms with Crippen molar-refractivity contribution in [3.05, 3.63) is 38.5 Å². The number of hydrogen-bond donors (Lipinski definition) is 1. The lowest BCUT2D eigenvalue weighted by Crippen LogP contribution is -1.79. The lowest BCUT2D eigenvalue weighted by atomic mass is 10.2. The number of halogens is 1. The Morgan fingerprint density at radius 3 is 2.92 bits per heavy atom. The van der Waals surface area contributed by atoms with Gasteiger partial charge in [-0.25, -0.2) is 0 Å². The van der Waals surface area contributed by atoms with E-state index >= 15 is 0 Å². The first-order chi connectivity index (χ1) is 5.77. The molecule has 0 atom stereocenters. The Morgan fingerprint density at radius 1 is 1.25 bits per heavy atom. The molecule has 0 radical (unpaired) electrons. The van der Waals surface area contributed by atoms with Crippen LogP contribution in [-0.4, -0.2) is 4.98 Å². The van der Waals surface area contributed by atoms with E-state index in [1.807, 2.05) is 18.3 Å². The van der Waals surface area contributed by atoms with Crippen molar-refractivity contribution in [1.82, 2.24) is 4.98 Å². The molecule has 1 aromatic carbocycles. The van der Waals surface area contributed by atoms with Crippen molar-refractivity contribution in [1.29, 1.82) is 0 Å². The average Bonchev–Trinajstić information content (AvgIpc) is 2.07. The summed E-state index contributed by atoms with van der Waals surface area (Å²) in [7, 11) is 0. The molecule has 1 nitrogen and oxygen atoms in total. The minimum atomic E-state index is 0.905. The van der Waals surface area contributed by atoms with E-state index in [9.17, 15) is 0 Å². The molecule has 1 N–H and O–H groups in total. The first-order valence-corrected chi connectivity index (χ1v) is 5.03. The number of aromatic amines is 1. The van der Waals surface area contributed by atoms with Crippen LogP contribution in [0.3, 0.4) is 0 Å². The lowest BCUT2D eigenvalue weighted by Gasteiger charge is -1.97. The topological polar surface area (TPSA) is 15.8 Å². The summed E-state index contributed by atoms with van der Waals surface area (Å²) in [6.07, 6.45) is 1.87. The summed E-state index contributed by atoms with van der Waals surface area (Å²) in [5, 5.41) is 1.12. The number of H-pyrrole nitrogens is 1. The van der Waals surface area contributed by atoms with Crippen molar-refractivity contribution >= 4 is 45.7 Å². The van der Waals surface area contributed by atoms with Crippen LogP contribution in [0.5, 0.6) is 0 Å². The molecular weight excluding hydrogens is 281 g/mol. The Morgan fingerprint density at radius 2 is 2.08 bits per heavy atom. The second kappa shape index (κ2) is 3.14. The number of pyridine rings is 1. The fourth-order valence-corrected chi connectivity index (χ4v) is 1.87. The highest BCUT2D eigenvalue weighted by atomic mass is 127. The molecule has 0 unspecified atom stereocenters. The van der Waals surface area contributed by atoms with Crippen LogP contribution in [-0.2, 0) is 0 Å². The van der Waals surface area contributed by atoms with Crippen molar-refractivity contribution < 1.29 is 0 Å². The summed E-state index contributed by atoms with van der Waals surface area (Å²) >= 11 is 7.47. The molecule has 0 fully saturated rings. The van der Waals surface area contributed by atoms with Crippen LogP contribution >= 0.6 is 34.8 Å². The molecule has 0 aliphatic heterocycles. The molecule has 2 aromatic rings. The van der Waals surface area contributed by atoms with E-state index in [1.165, 1.54) is 3.57 Å². The number of benzene rings is 1. The first kappa shape index (κ1) is 8.19.